The second-order valence-corrected chi connectivity index (χ2v) is 5.66. The molecule has 0 spiro atoms. The maximum Gasteiger partial charge on any atom is 0.313 e. The molecular weight excluding hydrogens is 256 g/mol. The first-order valence-corrected chi connectivity index (χ1v) is 7.40. The van der Waals surface area contributed by atoms with Gasteiger partial charge in [-0.15, -0.1) is 11.8 Å². The van der Waals surface area contributed by atoms with Gasteiger partial charge in [0.05, 0.1) is 5.75 Å². The molecule has 0 heterocycles. The summed E-state index contributed by atoms with van der Waals surface area (Å²) in [5, 5.41) is 8.72. The molecule has 0 saturated heterocycles. The maximum atomic E-state index is 10.6. The third kappa shape index (κ3) is 2.38. The molecule has 2 aromatic rings. The summed E-state index contributed by atoms with van der Waals surface area (Å²) in [6.45, 7) is 0. The lowest BCUT2D eigenvalue weighted by molar-refractivity contribution is -0.133. The molecule has 0 unspecified atom stereocenters. The highest BCUT2D eigenvalue weighted by Gasteiger charge is 2.20. The van der Waals surface area contributed by atoms with Gasteiger partial charge >= 0.3 is 5.97 Å². The minimum atomic E-state index is -0.752. The molecule has 3 heteroatoms. The normalized spacial score (nSPS) is 12.0. The van der Waals surface area contributed by atoms with Gasteiger partial charge in [-0.25, -0.2) is 0 Å². The molecule has 2 nitrogen and oxygen atoms in total. The van der Waals surface area contributed by atoms with E-state index in [2.05, 4.69) is 42.5 Å². The van der Waals surface area contributed by atoms with E-state index in [0.717, 1.165) is 12.2 Å². The van der Waals surface area contributed by atoms with Gasteiger partial charge in [0.1, 0.15) is 0 Å². The molecule has 0 fully saturated rings. The number of carbonyl (C=O) groups is 1. The first-order valence-electron chi connectivity index (χ1n) is 6.24. The third-order valence-electron chi connectivity index (χ3n) is 3.39. The Morgan fingerprint density at radius 2 is 1.89 bits per heavy atom. The van der Waals surface area contributed by atoms with Crippen molar-refractivity contribution in [3.8, 4) is 11.1 Å². The van der Waals surface area contributed by atoms with Crippen LogP contribution in [0.15, 0.2) is 42.5 Å². The van der Waals surface area contributed by atoms with Crippen LogP contribution in [0.1, 0.15) is 16.7 Å². The number of fused-ring (bicyclic) bond motifs is 3. The zero-order chi connectivity index (χ0) is 13.2. The predicted molar refractivity (Wildman–Crippen MR) is 78.5 cm³/mol. The van der Waals surface area contributed by atoms with E-state index in [1.165, 1.54) is 39.6 Å². The van der Waals surface area contributed by atoms with Crippen molar-refractivity contribution >= 4 is 17.7 Å². The lowest BCUT2D eigenvalue weighted by atomic mass is 10.0. The van der Waals surface area contributed by atoms with Gasteiger partial charge in [-0.05, 0) is 34.2 Å². The summed E-state index contributed by atoms with van der Waals surface area (Å²) >= 11 is 1.46. The van der Waals surface area contributed by atoms with Crippen LogP contribution in [0, 0.1) is 0 Å². The van der Waals surface area contributed by atoms with Crippen molar-refractivity contribution in [3.63, 3.8) is 0 Å². The molecule has 2 aromatic carbocycles. The van der Waals surface area contributed by atoms with Crippen molar-refractivity contribution < 1.29 is 9.90 Å². The number of aliphatic carboxylic acids is 1. The van der Waals surface area contributed by atoms with Crippen LogP contribution in [-0.2, 0) is 17.0 Å². The molecule has 3 rings (SSSR count). The average Bonchev–Trinajstić information content (AvgIpc) is 2.77. The van der Waals surface area contributed by atoms with Crippen molar-refractivity contribution in [2.24, 2.45) is 0 Å². The quantitative estimate of drug-likeness (QED) is 0.787. The van der Waals surface area contributed by atoms with Gasteiger partial charge in [-0.2, -0.15) is 0 Å². The van der Waals surface area contributed by atoms with Gasteiger partial charge in [-0.1, -0.05) is 42.5 Å². The summed E-state index contributed by atoms with van der Waals surface area (Å²) in [5.41, 5.74) is 6.59. The smallest absolute Gasteiger partial charge is 0.313 e. The lowest BCUT2D eigenvalue weighted by Crippen LogP contribution is -1.98. The molecular formula is C16H14O2S. The van der Waals surface area contributed by atoms with E-state index < -0.39 is 5.97 Å². The Hall–Kier alpha value is -1.74. The Labute approximate surface area is 116 Å². The van der Waals surface area contributed by atoms with Crippen LogP contribution in [0.2, 0.25) is 0 Å². The van der Waals surface area contributed by atoms with Crippen LogP contribution in [0.3, 0.4) is 0 Å². The predicted octanol–water partition coefficient (Wildman–Crippen LogP) is 3.58. The molecule has 1 N–H and O–H groups in total. The minimum Gasteiger partial charge on any atom is -0.481 e. The van der Waals surface area contributed by atoms with Gasteiger partial charge in [0.15, 0.2) is 0 Å². The number of hydrogen-bond donors (Lipinski definition) is 1. The molecule has 0 aliphatic heterocycles. The Kier molecular flexibility index (Phi) is 3.30. The molecule has 1 aliphatic carbocycles. The molecule has 19 heavy (non-hydrogen) atoms. The number of carboxylic acid groups (broad SMARTS) is 1. The highest BCUT2D eigenvalue weighted by atomic mass is 32.2. The number of carboxylic acids is 1. The summed E-state index contributed by atoms with van der Waals surface area (Å²) in [4.78, 5) is 10.6. The number of hydrogen-bond acceptors (Lipinski definition) is 2. The Morgan fingerprint density at radius 1 is 1.11 bits per heavy atom. The molecule has 0 amide bonds. The summed E-state index contributed by atoms with van der Waals surface area (Å²) in [6.07, 6.45) is 0.989. The summed E-state index contributed by atoms with van der Waals surface area (Å²) < 4.78 is 0. The van der Waals surface area contributed by atoms with E-state index in [1.54, 1.807) is 0 Å². The molecule has 0 radical (unpaired) electrons. The van der Waals surface area contributed by atoms with E-state index in [4.69, 9.17) is 5.11 Å². The van der Waals surface area contributed by atoms with Gasteiger partial charge in [-0.3, -0.25) is 4.79 Å². The lowest BCUT2D eigenvalue weighted by Gasteiger charge is -2.08. The third-order valence-corrected chi connectivity index (χ3v) is 4.35. The van der Waals surface area contributed by atoms with Crippen molar-refractivity contribution in [2.45, 2.75) is 12.2 Å². The second-order valence-electron chi connectivity index (χ2n) is 4.67. The SMILES string of the molecule is O=C(O)CSCc1cccc2c1-c1ccccc1C2. The molecule has 0 aromatic heterocycles. The summed E-state index contributed by atoms with van der Waals surface area (Å²) in [7, 11) is 0. The summed E-state index contributed by atoms with van der Waals surface area (Å²) in [6, 6.07) is 14.8. The second kappa shape index (κ2) is 5.10. The molecule has 96 valence electrons. The van der Waals surface area contributed by atoms with E-state index in [0.29, 0.717) is 0 Å². The van der Waals surface area contributed by atoms with Crippen LogP contribution in [0.25, 0.3) is 11.1 Å². The monoisotopic (exact) mass is 270 g/mol. The van der Waals surface area contributed by atoms with Crippen LogP contribution in [-0.4, -0.2) is 16.8 Å². The zero-order valence-corrected chi connectivity index (χ0v) is 11.2. The van der Waals surface area contributed by atoms with Gasteiger partial charge in [0.25, 0.3) is 0 Å². The average molecular weight is 270 g/mol. The number of benzene rings is 2. The van der Waals surface area contributed by atoms with E-state index >= 15 is 0 Å². The van der Waals surface area contributed by atoms with E-state index in [1.807, 2.05) is 0 Å². The van der Waals surface area contributed by atoms with Crippen LogP contribution in [0.4, 0.5) is 0 Å². The molecule has 1 aliphatic rings. The largest absolute Gasteiger partial charge is 0.481 e. The standard InChI is InChI=1S/C16H14O2S/c17-15(18)10-19-9-13-6-3-5-12-8-11-4-1-2-7-14(11)16(12)13/h1-7H,8-10H2,(H,17,18). The molecule has 0 saturated carbocycles. The first kappa shape index (κ1) is 12.3. The molecule has 0 atom stereocenters. The van der Waals surface area contributed by atoms with Crippen LogP contribution >= 0.6 is 11.8 Å². The zero-order valence-electron chi connectivity index (χ0n) is 10.4. The summed E-state index contributed by atoms with van der Waals surface area (Å²) in [5.74, 6) is 0.160. The number of rotatable bonds is 4. The van der Waals surface area contributed by atoms with Crippen LogP contribution in [0.5, 0.6) is 0 Å². The minimum absolute atomic E-state index is 0.158. The highest BCUT2D eigenvalue weighted by Crippen LogP contribution is 2.39. The van der Waals surface area contributed by atoms with Gasteiger partial charge in [0.2, 0.25) is 0 Å². The highest BCUT2D eigenvalue weighted by molar-refractivity contribution is 7.99. The van der Waals surface area contributed by atoms with E-state index in [-0.39, 0.29) is 5.75 Å². The fourth-order valence-electron chi connectivity index (χ4n) is 2.64. The topological polar surface area (TPSA) is 37.3 Å². The van der Waals surface area contributed by atoms with Gasteiger partial charge < -0.3 is 5.11 Å². The Bertz CT molecular complexity index is 634. The Morgan fingerprint density at radius 3 is 2.74 bits per heavy atom. The van der Waals surface area contributed by atoms with Crippen molar-refractivity contribution in [3.05, 3.63) is 59.2 Å². The van der Waals surface area contributed by atoms with Crippen molar-refractivity contribution in [2.75, 3.05) is 5.75 Å². The van der Waals surface area contributed by atoms with Crippen LogP contribution < -0.4 is 0 Å². The maximum absolute atomic E-state index is 10.6. The fraction of sp³-hybridized carbons (Fsp3) is 0.188. The number of thioether (sulfide) groups is 1. The first-order chi connectivity index (χ1) is 9.25. The van der Waals surface area contributed by atoms with Crippen molar-refractivity contribution in [1.29, 1.82) is 0 Å². The van der Waals surface area contributed by atoms with Crippen molar-refractivity contribution in [1.82, 2.24) is 0 Å². The molecule has 0 bridgehead atoms. The fourth-order valence-corrected chi connectivity index (χ4v) is 3.38. The van der Waals surface area contributed by atoms with Gasteiger partial charge in [0, 0.05) is 5.75 Å². The van der Waals surface area contributed by atoms with E-state index in [9.17, 15) is 4.79 Å². The Balaban J connectivity index is 1.93.